The van der Waals surface area contributed by atoms with Gasteiger partial charge in [-0.2, -0.15) is 0 Å². The van der Waals surface area contributed by atoms with Gasteiger partial charge in [-0.3, -0.25) is 4.79 Å². The lowest BCUT2D eigenvalue weighted by Gasteiger charge is -2.03. The molecule has 1 amide bonds. The summed E-state index contributed by atoms with van der Waals surface area (Å²) in [6.45, 7) is 0.129. The Morgan fingerprint density at radius 2 is 1.80 bits per heavy atom. The number of carbonyl (C=O) groups is 2. The van der Waals surface area contributed by atoms with Gasteiger partial charge in [0.2, 0.25) is 11.7 Å². The zero-order valence-electron chi connectivity index (χ0n) is 10.5. The minimum atomic E-state index is -1.15. The molecule has 6 heteroatoms. The summed E-state index contributed by atoms with van der Waals surface area (Å²) < 4.78 is 5.01. The van der Waals surface area contributed by atoms with Crippen molar-refractivity contribution in [2.75, 3.05) is 0 Å². The highest BCUT2D eigenvalue weighted by atomic mass is 16.4. The van der Waals surface area contributed by atoms with E-state index in [1.165, 1.54) is 24.3 Å². The van der Waals surface area contributed by atoms with Crippen molar-refractivity contribution in [1.29, 1.82) is 0 Å². The van der Waals surface area contributed by atoms with Crippen LogP contribution in [0.5, 0.6) is 5.75 Å². The molecule has 1 aromatic heterocycles. The lowest BCUT2D eigenvalue weighted by Crippen LogP contribution is -2.24. The summed E-state index contributed by atoms with van der Waals surface area (Å²) >= 11 is 0. The average molecular weight is 275 g/mol. The number of carboxylic acid groups (broad SMARTS) is 1. The van der Waals surface area contributed by atoms with Crippen LogP contribution in [-0.2, 0) is 17.8 Å². The summed E-state index contributed by atoms with van der Waals surface area (Å²) in [4.78, 5) is 22.3. The first-order chi connectivity index (χ1) is 9.54. The van der Waals surface area contributed by atoms with Crippen LogP contribution < -0.4 is 5.32 Å². The Balaban J connectivity index is 1.85. The predicted molar refractivity (Wildman–Crippen MR) is 69.3 cm³/mol. The summed E-state index contributed by atoms with van der Waals surface area (Å²) in [7, 11) is 0. The minimum Gasteiger partial charge on any atom is -0.508 e. The highest BCUT2D eigenvalue weighted by molar-refractivity contribution is 5.84. The first-order valence-electron chi connectivity index (χ1n) is 5.91. The van der Waals surface area contributed by atoms with E-state index in [0.29, 0.717) is 5.76 Å². The van der Waals surface area contributed by atoms with Crippen LogP contribution in [0.3, 0.4) is 0 Å². The number of rotatable bonds is 5. The molecule has 6 nitrogen and oxygen atoms in total. The molecule has 0 saturated heterocycles. The van der Waals surface area contributed by atoms with Gasteiger partial charge in [-0.1, -0.05) is 12.1 Å². The third-order valence-corrected chi connectivity index (χ3v) is 2.63. The molecule has 0 unspecified atom stereocenters. The van der Waals surface area contributed by atoms with Crippen molar-refractivity contribution in [2.24, 2.45) is 0 Å². The van der Waals surface area contributed by atoms with Gasteiger partial charge in [0.25, 0.3) is 0 Å². The van der Waals surface area contributed by atoms with Crippen molar-refractivity contribution >= 4 is 11.9 Å². The number of hydrogen-bond acceptors (Lipinski definition) is 4. The first-order valence-corrected chi connectivity index (χ1v) is 5.91. The second-order valence-electron chi connectivity index (χ2n) is 4.19. The van der Waals surface area contributed by atoms with Crippen LogP contribution in [0.2, 0.25) is 0 Å². The molecule has 0 atom stereocenters. The summed E-state index contributed by atoms with van der Waals surface area (Å²) in [6, 6.07) is 9.17. The van der Waals surface area contributed by atoms with Crippen LogP contribution >= 0.6 is 0 Å². The number of furan rings is 1. The van der Waals surface area contributed by atoms with E-state index in [1.807, 2.05) is 0 Å². The minimum absolute atomic E-state index is 0.129. The lowest BCUT2D eigenvalue weighted by atomic mass is 10.1. The van der Waals surface area contributed by atoms with E-state index in [9.17, 15) is 9.59 Å². The molecule has 0 bridgehead atoms. The lowest BCUT2D eigenvalue weighted by molar-refractivity contribution is -0.120. The van der Waals surface area contributed by atoms with Gasteiger partial charge in [-0.05, 0) is 29.8 Å². The normalized spacial score (nSPS) is 10.2. The molecule has 0 spiro atoms. The molecule has 20 heavy (non-hydrogen) atoms. The number of aromatic carboxylic acids is 1. The number of carboxylic acids is 1. The number of nitrogens with one attached hydrogen (secondary N) is 1. The molecule has 0 aliphatic rings. The Morgan fingerprint density at radius 3 is 2.40 bits per heavy atom. The molecule has 0 saturated carbocycles. The van der Waals surface area contributed by atoms with Gasteiger partial charge in [0.15, 0.2) is 0 Å². The van der Waals surface area contributed by atoms with Crippen LogP contribution in [-0.4, -0.2) is 22.1 Å². The van der Waals surface area contributed by atoms with Gasteiger partial charge in [0.05, 0.1) is 13.0 Å². The Hall–Kier alpha value is -2.76. The summed E-state index contributed by atoms with van der Waals surface area (Å²) in [5.74, 6) is -1.00. The van der Waals surface area contributed by atoms with Crippen molar-refractivity contribution in [2.45, 2.75) is 13.0 Å². The number of benzene rings is 1. The van der Waals surface area contributed by atoms with E-state index < -0.39 is 5.97 Å². The molecular weight excluding hydrogens is 262 g/mol. The Morgan fingerprint density at radius 1 is 1.10 bits per heavy atom. The third kappa shape index (κ3) is 3.61. The molecule has 0 radical (unpaired) electrons. The van der Waals surface area contributed by atoms with E-state index >= 15 is 0 Å². The summed E-state index contributed by atoms with van der Waals surface area (Å²) in [5, 5.41) is 20.4. The highest BCUT2D eigenvalue weighted by Crippen LogP contribution is 2.10. The van der Waals surface area contributed by atoms with E-state index in [0.717, 1.165) is 5.56 Å². The maximum Gasteiger partial charge on any atom is 0.371 e. The van der Waals surface area contributed by atoms with E-state index in [-0.39, 0.29) is 30.4 Å². The number of aromatic hydroxyl groups is 1. The molecule has 0 fully saturated rings. The van der Waals surface area contributed by atoms with E-state index in [4.69, 9.17) is 14.6 Å². The van der Waals surface area contributed by atoms with Gasteiger partial charge in [0, 0.05) is 0 Å². The summed E-state index contributed by atoms with van der Waals surface area (Å²) in [6.07, 6.45) is 0.173. The van der Waals surface area contributed by atoms with Gasteiger partial charge in [-0.15, -0.1) is 0 Å². The average Bonchev–Trinajstić information content (AvgIpc) is 2.88. The SMILES string of the molecule is O=C(Cc1ccc(O)cc1)NCc1ccc(C(=O)O)o1. The van der Waals surface area contributed by atoms with Gasteiger partial charge < -0.3 is 19.9 Å². The fourth-order valence-electron chi connectivity index (χ4n) is 1.64. The highest BCUT2D eigenvalue weighted by Gasteiger charge is 2.10. The zero-order valence-corrected chi connectivity index (χ0v) is 10.5. The largest absolute Gasteiger partial charge is 0.508 e. The number of phenolic OH excluding ortho intramolecular Hbond substituents is 1. The second kappa shape index (κ2) is 5.92. The molecule has 0 aliphatic carbocycles. The number of amides is 1. The third-order valence-electron chi connectivity index (χ3n) is 2.63. The predicted octanol–water partition coefficient (Wildman–Crippen LogP) is 1.54. The number of carbonyl (C=O) groups excluding carboxylic acids is 1. The van der Waals surface area contributed by atoms with Crippen LogP contribution in [0.25, 0.3) is 0 Å². The van der Waals surface area contributed by atoms with E-state index in [2.05, 4.69) is 5.32 Å². The van der Waals surface area contributed by atoms with Crippen molar-refractivity contribution in [3.05, 3.63) is 53.5 Å². The fourth-order valence-corrected chi connectivity index (χ4v) is 1.64. The maximum absolute atomic E-state index is 11.7. The van der Waals surface area contributed by atoms with Crippen molar-refractivity contribution in [3.8, 4) is 5.75 Å². The second-order valence-corrected chi connectivity index (χ2v) is 4.19. The Bertz CT molecular complexity index is 615. The maximum atomic E-state index is 11.7. The molecule has 104 valence electrons. The standard InChI is InChI=1S/C14H13NO5/c16-10-3-1-9(2-4-10)7-13(17)15-8-11-5-6-12(20-11)14(18)19/h1-6,16H,7-8H2,(H,15,17)(H,18,19). The summed E-state index contributed by atoms with van der Waals surface area (Å²) in [5.41, 5.74) is 0.769. The Kier molecular flexibility index (Phi) is 4.05. The number of phenols is 1. The monoisotopic (exact) mass is 275 g/mol. The number of hydrogen-bond donors (Lipinski definition) is 3. The first kappa shape index (κ1) is 13.7. The smallest absolute Gasteiger partial charge is 0.371 e. The quantitative estimate of drug-likeness (QED) is 0.768. The molecule has 1 heterocycles. The van der Waals surface area contributed by atoms with Gasteiger partial charge in [-0.25, -0.2) is 4.79 Å². The fraction of sp³-hybridized carbons (Fsp3) is 0.143. The van der Waals surface area contributed by atoms with Crippen molar-refractivity contribution in [3.63, 3.8) is 0 Å². The van der Waals surface area contributed by atoms with Crippen LogP contribution in [0, 0.1) is 0 Å². The van der Waals surface area contributed by atoms with Crippen LogP contribution in [0.15, 0.2) is 40.8 Å². The van der Waals surface area contributed by atoms with E-state index in [1.54, 1.807) is 12.1 Å². The van der Waals surface area contributed by atoms with Crippen molar-refractivity contribution in [1.82, 2.24) is 5.32 Å². The van der Waals surface area contributed by atoms with Gasteiger partial charge in [0.1, 0.15) is 11.5 Å². The molecule has 3 N–H and O–H groups in total. The Labute approximate surface area is 114 Å². The molecule has 2 rings (SSSR count). The van der Waals surface area contributed by atoms with Gasteiger partial charge >= 0.3 is 5.97 Å². The molecular formula is C14H13NO5. The molecule has 1 aromatic carbocycles. The topological polar surface area (TPSA) is 99.8 Å². The van der Waals surface area contributed by atoms with Crippen molar-refractivity contribution < 1.29 is 24.2 Å². The van der Waals surface area contributed by atoms with Crippen LogP contribution in [0.4, 0.5) is 0 Å². The molecule has 0 aliphatic heterocycles. The zero-order chi connectivity index (χ0) is 14.5. The molecule has 2 aromatic rings. The van der Waals surface area contributed by atoms with Crippen LogP contribution in [0.1, 0.15) is 21.9 Å².